The van der Waals surface area contributed by atoms with Crippen molar-refractivity contribution in [3.05, 3.63) is 24.2 Å². The molecular weight excluding hydrogens is 504 g/mol. The first-order chi connectivity index (χ1) is 18.4. The summed E-state index contributed by atoms with van der Waals surface area (Å²) in [6.07, 6.45) is 16.0. The van der Waals surface area contributed by atoms with E-state index < -0.39 is 9.04 Å². The van der Waals surface area contributed by atoms with Gasteiger partial charge in [-0.3, -0.25) is 0 Å². The summed E-state index contributed by atoms with van der Waals surface area (Å²) in [5, 5.41) is 9.68. The summed E-state index contributed by atoms with van der Waals surface area (Å²) in [6.45, 7) is 17.0. The molecule has 0 spiro atoms. The van der Waals surface area contributed by atoms with E-state index in [9.17, 15) is 5.11 Å². The molecule has 5 nitrogen and oxygen atoms in total. The van der Waals surface area contributed by atoms with Gasteiger partial charge in [-0.2, -0.15) is 0 Å². The van der Waals surface area contributed by atoms with Crippen molar-refractivity contribution in [3.8, 4) is 0 Å². The maximum atomic E-state index is 9.68. The van der Waals surface area contributed by atoms with Gasteiger partial charge in [0.1, 0.15) is 11.9 Å². The van der Waals surface area contributed by atoms with Crippen LogP contribution in [0.3, 0.4) is 0 Å². The molecule has 0 aromatic carbocycles. The van der Waals surface area contributed by atoms with Gasteiger partial charge in [-0.25, -0.2) is 0 Å². The fourth-order valence-electron chi connectivity index (χ4n) is 10.00. The zero-order chi connectivity index (χ0) is 28.1. The van der Waals surface area contributed by atoms with Gasteiger partial charge in [0, 0.05) is 17.4 Å². The second kappa shape index (κ2) is 11.2. The van der Waals surface area contributed by atoms with E-state index in [0.29, 0.717) is 24.0 Å². The lowest BCUT2D eigenvalue weighted by Gasteiger charge is -2.62. The monoisotopic (exact) mass is 560 g/mol. The highest BCUT2D eigenvalue weighted by Gasteiger charge is 2.66. The Kier molecular flexibility index (Phi) is 8.56. The predicted octanol–water partition coefficient (Wildman–Crippen LogP) is 7.67. The van der Waals surface area contributed by atoms with Gasteiger partial charge in [0.2, 0.25) is 0 Å². The third-order valence-corrected chi connectivity index (χ3v) is 12.6. The van der Waals surface area contributed by atoms with Gasteiger partial charge in [0.15, 0.2) is 9.04 Å². The van der Waals surface area contributed by atoms with Gasteiger partial charge in [0.25, 0.3) is 0 Å². The molecule has 0 amide bonds. The van der Waals surface area contributed by atoms with Gasteiger partial charge >= 0.3 is 0 Å². The van der Waals surface area contributed by atoms with Crippen molar-refractivity contribution in [2.75, 3.05) is 13.2 Å². The molecule has 1 N–H and O–H groups in total. The second-order valence-corrected chi connectivity index (χ2v) is 17.8. The second-order valence-electron chi connectivity index (χ2n) is 15.5. The van der Waals surface area contributed by atoms with Crippen molar-refractivity contribution < 1.29 is 23.4 Å². The van der Waals surface area contributed by atoms with Crippen LogP contribution in [0.2, 0.25) is 13.1 Å². The van der Waals surface area contributed by atoms with E-state index in [0.717, 1.165) is 30.6 Å². The van der Waals surface area contributed by atoms with Gasteiger partial charge < -0.3 is 23.4 Å². The minimum Gasteiger partial charge on any atom is -0.472 e. The van der Waals surface area contributed by atoms with Gasteiger partial charge in [0.05, 0.1) is 31.8 Å². The van der Waals surface area contributed by atoms with Crippen LogP contribution >= 0.6 is 0 Å². The van der Waals surface area contributed by atoms with Crippen LogP contribution in [0.1, 0.15) is 104 Å². The molecule has 39 heavy (non-hydrogen) atoms. The van der Waals surface area contributed by atoms with Crippen LogP contribution in [-0.2, 0) is 19.5 Å². The molecule has 5 rings (SSSR count). The topological polar surface area (TPSA) is 61.1 Å². The molecule has 4 fully saturated rings. The normalized spacial score (nSPS) is 41.2. The first kappa shape index (κ1) is 29.8. The van der Waals surface area contributed by atoms with Crippen molar-refractivity contribution in [2.24, 2.45) is 39.9 Å². The zero-order valence-electron chi connectivity index (χ0n) is 25.8. The Balaban J connectivity index is 1.31. The van der Waals surface area contributed by atoms with E-state index in [1.807, 2.05) is 6.26 Å². The number of ether oxygens (including phenoxy) is 2. The fourth-order valence-corrected chi connectivity index (χ4v) is 10.8. The van der Waals surface area contributed by atoms with E-state index in [1.54, 1.807) is 6.26 Å². The highest BCUT2D eigenvalue weighted by molar-refractivity contribution is 6.48. The first-order valence-corrected chi connectivity index (χ1v) is 18.8. The third-order valence-electron chi connectivity index (χ3n) is 11.7. The number of furan rings is 1. The van der Waals surface area contributed by atoms with Crippen molar-refractivity contribution in [1.82, 2.24) is 0 Å². The Morgan fingerprint density at radius 3 is 2.49 bits per heavy atom. The maximum absolute atomic E-state index is 9.68. The molecular formula is C33H56O5Si. The Hall–Kier alpha value is -0.663. The number of hydrogen-bond acceptors (Lipinski definition) is 5. The van der Waals surface area contributed by atoms with Crippen molar-refractivity contribution in [1.29, 1.82) is 0 Å². The minimum absolute atomic E-state index is 0.0498. The number of hydrogen-bond donors (Lipinski definition) is 1. The molecule has 0 radical (unpaired) electrons. The van der Waals surface area contributed by atoms with Crippen molar-refractivity contribution in [2.45, 2.75) is 130 Å². The average Bonchev–Trinajstić information content (AvgIpc) is 3.48. The van der Waals surface area contributed by atoms with Crippen LogP contribution in [-0.4, -0.2) is 39.8 Å². The van der Waals surface area contributed by atoms with Gasteiger partial charge in [-0.15, -0.1) is 0 Å². The lowest BCUT2D eigenvalue weighted by Crippen LogP contribution is -2.56. The number of aliphatic hydroxyl groups excluding tert-OH is 1. The van der Waals surface area contributed by atoms with Crippen LogP contribution in [0.5, 0.6) is 0 Å². The van der Waals surface area contributed by atoms with Gasteiger partial charge in [-0.05, 0) is 111 Å². The van der Waals surface area contributed by atoms with E-state index >= 15 is 0 Å². The van der Waals surface area contributed by atoms with E-state index in [4.69, 9.17) is 18.3 Å². The third kappa shape index (κ3) is 5.47. The van der Waals surface area contributed by atoms with Crippen LogP contribution in [0.25, 0.3) is 0 Å². The Labute approximate surface area is 239 Å². The molecule has 0 saturated heterocycles. The molecule has 1 aromatic rings. The first-order valence-electron chi connectivity index (χ1n) is 16.0. The van der Waals surface area contributed by atoms with Crippen LogP contribution in [0.15, 0.2) is 23.0 Å². The van der Waals surface area contributed by atoms with E-state index in [2.05, 4.69) is 53.8 Å². The lowest BCUT2D eigenvalue weighted by molar-refractivity contribution is -0.198. The summed E-state index contributed by atoms with van der Waals surface area (Å²) in [5.41, 5.74) is 1.52. The highest BCUT2D eigenvalue weighted by Crippen LogP contribution is 2.71. The summed E-state index contributed by atoms with van der Waals surface area (Å²) in [5.74, 6) is 2.96. The largest absolute Gasteiger partial charge is 0.472 e. The molecule has 0 bridgehead atoms. The summed E-state index contributed by atoms with van der Waals surface area (Å²) in [6, 6.07) is 2.11. The highest BCUT2D eigenvalue weighted by atomic mass is 28.3. The molecule has 222 valence electrons. The smallest absolute Gasteiger partial charge is 0.174 e. The van der Waals surface area contributed by atoms with E-state index in [1.165, 1.54) is 56.9 Å². The standard InChI is InChI=1S/C33H56O5Si/c1-30(2,3)21-29(38-39(6)7)37-25-10-14-31(4)23(20-25)8-9-26-27(31)11-15-32(5)28(26)12-16-33(32,36-19-17-34)24-13-18-35-22-24/h13,18,22-23,25-29,34,39H,8-12,14-17,19-21H2,1-7H3/t23-,25+,26-,27+,28+,29?,31+,32+,33-/m1/s1. The SMILES string of the molecule is C[SiH](C)OC(CC(C)(C)C)O[C@H]1CC[C@@]2(C)[C@H](CC[C@@H]3[C@@H]2CC[C@@]2(C)[C@H]3CC[C@@]2(OCCO)c2ccoc2)C1. The Morgan fingerprint density at radius 2 is 1.82 bits per heavy atom. The molecule has 1 aromatic heterocycles. The van der Waals surface area contributed by atoms with Crippen LogP contribution in [0.4, 0.5) is 0 Å². The molecule has 6 heteroatoms. The van der Waals surface area contributed by atoms with E-state index in [-0.39, 0.29) is 29.3 Å². The molecule has 4 aliphatic rings. The fraction of sp³-hybridized carbons (Fsp3) is 0.879. The summed E-state index contributed by atoms with van der Waals surface area (Å²) < 4.78 is 25.4. The number of aliphatic hydroxyl groups is 1. The number of rotatable bonds is 9. The summed E-state index contributed by atoms with van der Waals surface area (Å²) >= 11 is 0. The van der Waals surface area contributed by atoms with Crippen molar-refractivity contribution >= 4 is 9.04 Å². The maximum Gasteiger partial charge on any atom is 0.174 e. The lowest BCUT2D eigenvalue weighted by atomic mass is 9.44. The Morgan fingerprint density at radius 1 is 1.05 bits per heavy atom. The molecule has 1 heterocycles. The quantitative estimate of drug-likeness (QED) is 0.248. The summed E-state index contributed by atoms with van der Waals surface area (Å²) in [4.78, 5) is 0. The molecule has 9 atom stereocenters. The predicted molar refractivity (Wildman–Crippen MR) is 158 cm³/mol. The van der Waals surface area contributed by atoms with Gasteiger partial charge in [-0.1, -0.05) is 34.6 Å². The molecule has 4 aliphatic carbocycles. The minimum atomic E-state index is -1.16. The van der Waals surface area contributed by atoms with Crippen molar-refractivity contribution in [3.63, 3.8) is 0 Å². The zero-order valence-corrected chi connectivity index (χ0v) is 27.0. The summed E-state index contributed by atoms with van der Waals surface area (Å²) in [7, 11) is -1.16. The van der Waals surface area contributed by atoms with Crippen LogP contribution < -0.4 is 0 Å². The molecule has 4 saturated carbocycles. The molecule has 0 aliphatic heterocycles. The number of fused-ring (bicyclic) bond motifs is 5. The molecule has 1 unspecified atom stereocenters. The average molecular weight is 561 g/mol. The Bertz CT molecular complexity index is 942. The van der Waals surface area contributed by atoms with Crippen LogP contribution in [0, 0.1) is 39.9 Å².